The van der Waals surface area contributed by atoms with E-state index in [0.717, 1.165) is 18.7 Å². The van der Waals surface area contributed by atoms with Crippen LogP contribution in [-0.2, 0) is 4.74 Å². The van der Waals surface area contributed by atoms with E-state index in [9.17, 15) is 0 Å². The number of nitrogens with zero attached hydrogens (tertiary/aromatic N) is 3. The predicted molar refractivity (Wildman–Crippen MR) is 80.5 cm³/mol. The average molecular weight is 310 g/mol. The van der Waals surface area contributed by atoms with E-state index >= 15 is 0 Å². The van der Waals surface area contributed by atoms with Gasteiger partial charge in [-0.05, 0) is 5.56 Å². The molecule has 0 unspecified atom stereocenters. The lowest BCUT2D eigenvalue weighted by atomic mass is 10.1. The van der Waals surface area contributed by atoms with Crippen LogP contribution < -0.4 is 4.90 Å². The number of hydrogen-bond acceptors (Lipinski definition) is 4. The Morgan fingerprint density at radius 1 is 0.950 bits per heavy atom. The fraction of sp³-hybridized carbons (Fsp3) is 0.286. The average Bonchev–Trinajstić information content (AvgIpc) is 2.48. The number of ether oxygens (including phenoxy) is 1. The van der Waals surface area contributed by atoms with Crippen molar-refractivity contribution in [2.45, 2.75) is 0 Å². The minimum absolute atomic E-state index is 0.373. The maximum atomic E-state index is 6.29. The Kier molecular flexibility index (Phi) is 4.05. The molecule has 2 heterocycles. The summed E-state index contributed by atoms with van der Waals surface area (Å²) in [5.74, 6) is 0.558. The van der Waals surface area contributed by atoms with Crippen molar-refractivity contribution >= 4 is 29.2 Å². The smallest absolute Gasteiger partial charge is 0.228 e. The molecule has 104 valence electrons. The Morgan fingerprint density at radius 3 is 2.15 bits per heavy atom. The highest BCUT2D eigenvalue weighted by atomic mass is 35.5. The first-order chi connectivity index (χ1) is 9.75. The Bertz CT molecular complexity index is 578. The van der Waals surface area contributed by atoms with Crippen molar-refractivity contribution in [3.8, 4) is 11.1 Å². The zero-order valence-corrected chi connectivity index (χ0v) is 12.2. The van der Waals surface area contributed by atoms with Crippen LogP contribution in [0.25, 0.3) is 11.1 Å². The van der Waals surface area contributed by atoms with E-state index in [-0.39, 0.29) is 0 Å². The van der Waals surface area contributed by atoms with Crippen LogP contribution in [0, 0.1) is 0 Å². The highest BCUT2D eigenvalue weighted by Gasteiger charge is 2.19. The summed E-state index contributed by atoms with van der Waals surface area (Å²) in [7, 11) is 0. The molecule has 6 heteroatoms. The summed E-state index contributed by atoms with van der Waals surface area (Å²) in [5.41, 5.74) is 1.59. The molecule has 1 saturated heterocycles. The standard InChI is InChI=1S/C14H13Cl2N3O/c15-12-11(10-4-2-1-3-5-10)13(16)18-14(17-12)19-6-8-20-9-7-19/h1-5H,6-9H2. The lowest BCUT2D eigenvalue weighted by molar-refractivity contribution is 0.122. The minimum atomic E-state index is 0.373. The van der Waals surface area contributed by atoms with Gasteiger partial charge < -0.3 is 9.64 Å². The predicted octanol–water partition coefficient (Wildman–Crippen LogP) is 3.29. The molecule has 0 saturated carbocycles. The first-order valence-electron chi connectivity index (χ1n) is 6.37. The molecular formula is C14H13Cl2N3O. The first-order valence-corrected chi connectivity index (χ1v) is 7.12. The summed E-state index contributed by atoms with van der Waals surface area (Å²) in [6, 6.07) is 9.67. The summed E-state index contributed by atoms with van der Waals surface area (Å²) in [6.45, 7) is 2.83. The molecule has 0 atom stereocenters. The monoisotopic (exact) mass is 309 g/mol. The van der Waals surface area contributed by atoms with Crippen molar-refractivity contribution in [1.82, 2.24) is 9.97 Å². The Labute approximate surface area is 127 Å². The summed E-state index contributed by atoms with van der Waals surface area (Å²) < 4.78 is 5.31. The summed E-state index contributed by atoms with van der Waals surface area (Å²) in [4.78, 5) is 10.8. The van der Waals surface area contributed by atoms with Crippen LogP contribution in [-0.4, -0.2) is 36.3 Å². The molecule has 0 aliphatic carbocycles. The lowest BCUT2D eigenvalue weighted by Gasteiger charge is -2.27. The molecule has 20 heavy (non-hydrogen) atoms. The summed E-state index contributed by atoms with van der Waals surface area (Å²) in [6.07, 6.45) is 0. The zero-order valence-electron chi connectivity index (χ0n) is 10.7. The van der Waals surface area contributed by atoms with E-state index in [4.69, 9.17) is 27.9 Å². The van der Waals surface area contributed by atoms with Gasteiger partial charge in [-0.15, -0.1) is 0 Å². The molecule has 3 rings (SSSR count). The van der Waals surface area contributed by atoms with Gasteiger partial charge in [-0.2, -0.15) is 0 Å². The van der Waals surface area contributed by atoms with Gasteiger partial charge in [0.1, 0.15) is 10.3 Å². The third-order valence-corrected chi connectivity index (χ3v) is 3.71. The number of hydrogen-bond donors (Lipinski definition) is 0. The van der Waals surface area contributed by atoms with Gasteiger partial charge in [-0.3, -0.25) is 0 Å². The van der Waals surface area contributed by atoms with Gasteiger partial charge in [0.2, 0.25) is 5.95 Å². The van der Waals surface area contributed by atoms with E-state index in [1.807, 2.05) is 35.2 Å². The van der Waals surface area contributed by atoms with Crippen LogP contribution in [0.3, 0.4) is 0 Å². The quantitative estimate of drug-likeness (QED) is 0.798. The molecule has 1 aliphatic heterocycles. The second kappa shape index (κ2) is 5.95. The molecule has 1 aliphatic rings. The highest BCUT2D eigenvalue weighted by molar-refractivity contribution is 6.37. The normalized spacial score (nSPS) is 15.4. The maximum absolute atomic E-state index is 6.29. The van der Waals surface area contributed by atoms with Crippen LogP contribution >= 0.6 is 23.2 Å². The molecule has 0 spiro atoms. The summed E-state index contributed by atoms with van der Waals surface area (Å²) >= 11 is 12.6. The van der Waals surface area contributed by atoms with Crippen molar-refractivity contribution in [3.05, 3.63) is 40.6 Å². The molecule has 0 N–H and O–H groups in total. The number of anilines is 1. The highest BCUT2D eigenvalue weighted by Crippen LogP contribution is 2.33. The van der Waals surface area contributed by atoms with Crippen LogP contribution in [0.1, 0.15) is 0 Å². The number of benzene rings is 1. The third-order valence-electron chi connectivity index (χ3n) is 3.17. The molecule has 2 aromatic rings. The lowest BCUT2D eigenvalue weighted by Crippen LogP contribution is -2.37. The van der Waals surface area contributed by atoms with Crippen molar-refractivity contribution < 1.29 is 4.74 Å². The van der Waals surface area contributed by atoms with Crippen LogP contribution in [0.5, 0.6) is 0 Å². The zero-order chi connectivity index (χ0) is 13.9. The van der Waals surface area contributed by atoms with Crippen molar-refractivity contribution in [2.75, 3.05) is 31.2 Å². The molecule has 0 radical (unpaired) electrons. The second-order valence-corrected chi connectivity index (χ2v) is 5.16. The SMILES string of the molecule is Clc1nc(N2CCOCC2)nc(Cl)c1-c1ccccc1. The topological polar surface area (TPSA) is 38.2 Å². The Morgan fingerprint density at radius 2 is 1.55 bits per heavy atom. The largest absolute Gasteiger partial charge is 0.378 e. The van der Waals surface area contributed by atoms with E-state index < -0.39 is 0 Å². The van der Waals surface area contributed by atoms with Crippen molar-refractivity contribution in [3.63, 3.8) is 0 Å². The van der Waals surface area contributed by atoms with Gasteiger partial charge in [0, 0.05) is 13.1 Å². The molecule has 4 nitrogen and oxygen atoms in total. The van der Waals surface area contributed by atoms with Crippen LogP contribution in [0.2, 0.25) is 10.3 Å². The fourth-order valence-corrected chi connectivity index (χ4v) is 2.74. The molecular weight excluding hydrogens is 297 g/mol. The maximum Gasteiger partial charge on any atom is 0.228 e. The van der Waals surface area contributed by atoms with Crippen molar-refractivity contribution in [1.29, 1.82) is 0 Å². The van der Waals surface area contributed by atoms with Crippen LogP contribution in [0.15, 0.2) is 30.3 Å². The minimum Gasteiger partial charge on any atom is -0.378 e. The number of halogens is 2. The van der Waals surface area contributed by atoms with E-state index in [1.54, 1.807) is 0 Å². The molecule has 1 aromatic heterocycles. The first kappa shape index (κ1) is 13.6. The van der Waals surface area contributed by atoms with Gasteiger partial charge in [0.25, 0.3) is 0 Å². The Hall–Kier alpha value is -1.36. The third kappa shape index (κ3) is 2.73. The van der Waals surface area contributed by atoms with E-state index in [1.165, 1.54) is 0 Å². The van der Waals surface area contributed by atoms with Gasteiger partial charge in [0.15, 0.2) is 0 Å². The second-order valence-electron chi connectivity index (χ2n) is 4.45. The van der Waals surface area contributed by atoms with Gasteiger partial charge in [-0.1, -0.05) is 53.5 Å². The summed E-state index contributed by atoms with van der Waals surface area (Å²) in [5, 5.41) is 0.746. The number of rotatable bonds is 2. The van der Waals surface area contributed by atoms with Gasteiger partial charge >= 0.3 is 0 Å². The van der Waals surface area contributed by atoms with Gasteiger partial charge in [0.05, 0.1) is 18.8 Å². The van der Waals surface area contributed by atoms with Crippen LogP contribution in [0.4, 0.5) is 5.95 Å². The molecule has 1 fully saturated rings. The van der Waals surface area contributed by atoms with E-state index in [0.29, 0.717) is 35.0 Å². The van der Waals surface area contributed by atoms with Crippen molar-refractivity contribution in [2.24, 2.45) is 0 Å². The van der Waals surface area contributed by atoms with E-state index in [2.05, 4.69) is 9.97 Å². The molecule has 0 amide bonds. The fourth-order valence-electron chi connectivity index (χ4n) is 2.15. The number of morpholine rings is 1. The van der Waals surface area contributed by atoms with Gasteiger partial charge in [-0.25, -0.2) is 9.97 Å². The Balaban J connectivity index is 1.98. The molecule has 1 aromatic carbocycles. The molecule has 0 bridgehead atoms. The number of aromatic nitrogens is 2.